The zero-order valence-electron chi connectivity index (χ0n) is 15.9. The van der Waals surface area contributed by atoms with Crippen LogP contribution >= 0.6 is 0 Å². The molecule has 0 spiro atoms. The Balaban J connectivity index is 3.20. The van der Waals surface area contributed by atoms with Gasteiger partial charge in [-0.2, -0.15) is 5.01 Å². The van der Waals surface area contributed by atoms with Crippen molar-refractivity contribution < 1.29 is 33.7 Å². The minimum absolute atomic E-state index is 0.0782. The first-order valence-corrected chi connectivity index (χ1v) is 8.03. The molecule has 0 bridgehead atoms. The molecule has 1 saturated heterocycles. The number of carbonyl (C=O) groups excluding carboxylic acids is 3. The largest absolute Gasteiger partial charge is 0.467 e. The molecule has 2 atom stereocenters. The first kappa shape index (κ1) is 21.0. The Labute approximate surface area is 147 Å². The molecule has 144 valence electrons. The summed E-state index contributed by atoms with van der Waals surface area (Å²) in [5, 5.41) is 11.8. The summed E-state index contributed by atoms with van der Waals surface area (Å²) in [7, 11) is 1.16. The maximum Gasteiger partial charge on any atom is 0.430 e. The number of nitrogens with zero attached hydrogens (tertiary/aromatic N) is 2. The van der Waals surface area contributed by atoms with Crippen LogP contribution in [0.1, 0.15) is 48.0 Å². The molecule has 1 N–H and O–H groups in total. The van der Waals surface area contributed by atoms with Gasteiger partial charge in [0.1, 0.15) is 11.2 Å². The van der Waals surface area contributed by atoms with Crippen LogP contribution in [-0.4, -0.2) is 70.3 Å². The minimum atomic E-state index is -1.20. The van der Waals surface area contributed by atoms with Gasteiger partial charge in [0.05, 0.1) is 19.8 Å². The number of amides is 2. The highest BCUT2D eigenvalue weighted by atomic mass is 16.6. The van der Waals surface area contributed by atoms with E-state index in [9.17, 15) is 19.5 Å². The van der Waals surface area contributed by atoms with Gasteiger partial charge in [-0.25, -0.2) is 19.4 Å². The molecule has 0 saturated carbocycles. The molecule has 0 unspecified atom stereocenters. The van der Waals surface area contributed by atoms with Crippen LogP contribution in [0.3, 0.4) is 0 Å². The lowest BCUT2D eigenvalue weighted by molar-refractivity contribution is -0.165. The molecule has 0 aliphatic carbocycles. The van der Waals surface area contributed by atoms with Crippen molar-refractivity contribution >= 4 is 18.2 Å². The van der Waals surface area contributed by atoms with Crippen LogP contribution in [0.4, 0.5) is 9.59 Å². The summed E-state index contributed by atoms with van der Waals surface area (Å²) < 4.78 is 15.3. The van der Waals surface area contributed by atoms with E-state index >= 15 is 0 Å². The Morgan fingerprint density at radius 2 is 1.44 bits per heavy atom. The molecule has 2 amide bonds. The third kappa shape index (κ3) is 6.08. The van der Waals surface area contributed by atoms with Gasteiger partial charge in [-0.1, -0.05) is 0 Å². The maximum absolute atomic E-state index is 12.6. The summed E-state index contributed by atoms with van der Waals surface area (Å²) >= 11 is 0. The van der Waals surface area contributed by atoms with Gasteiger partial charge < -0.3 is 19.3 Å². The Hall–Kier alpha value is -2.03. The summed E-state index contributed by atoms with van der Waals surface area (Å²) in [4.78, 5) is 37.2. The molecule has 1 rings (SSSR count). The number of hydrogen-bond donors (Lipinski definition) is 1. The molecule has 0 radical (unpaired) electrons. The summed E-state index contributed by atoms with van der Waals surface area (Å²) in [5.74, 6) is -0.766. The average molecular weight is 360 g/mol. The van der Waals surface area contributed by atoms with Crippen LogP contribution in [-0.2, 0) is 19.0 Å². The summed E-state index contributed by atoms with van der Waals surface area (Å²) in [6.07, 6.45) is -2.87. The Morgan fingerprint density at radius 3 is 1.88 bits per heavy atom. The van der Waals surface area contributed by atoms with Crippen molar-refractivity contribution in [3.63, 3.8) is 0 Å². The van der Waals surface area contributed by atoms with E-state index in [1.54, 1.807) is 41.5 Å². The molecule has 9 nitrogen and oxygen atoms in total. The van der Waals surface area contributed by atoms with Crippen molar-refractivity contribution in [2.45, 2.75) is 71.3 Å². The van der Waals surface area contributed by atoms with Crippen LogP contribution in [0.2, 0.25) is 0 Å². The van der Waals surface area contributed by atoms with Gasteiger partial charge in [0.25, 0.3) is 0 Å². The lowest BCUT2D eigenvalue weighted by Gasteiger charge is -2.44. The van der Waals surface area contributed by atoms with E-state index in [-0.39, 0.29) is 13.0 Å². The first-order valence-electron chi connectivity index (χ1n) is 8.03. The van der Waals surface area contributed by atoms with E-state index in [1.807, 2.05) is 0 Å². The first-order chi connectivity index (χ1) is 11.2. The Morgan fingerprint density at radius 1 is 0.960 bits per heavy atom. The number of hydrogen-bond acceptors (Lipinski definition) is 7. The third-order valence-corrected chi connectivity index (χ3v) is 3.09. The standard InChI is InChI=1S/C16H28N2O7/c1-15(2,3)24-13(21)17-9-10(19)8-11(12(20)23-7)18(17)14(22)25-16(4,5)6/h10-11,19H,8-9H2,1-7H3/t10-,11+/m1/s1. The number of β-amino-alcohol motifs (C(OH)–C–C–N with tert-alkyl or cyclic N) is 1. The second kappa shape index (κ2) is 7.47. The van der Waals surface area contributed by atoms with E-state index < -0.39 is 41.5 Å². The number of carbonyl (C=O) groups is 3. The molecule has 25 heavy (non-hydrogen) atoms. The van der Waals surface area contributed by atoms with Gasteiger partial charge >= 0.3 is 18.2 Å². The van der Waals surface area contributed by atoms with Gasteiger partial charge in [-0.15, -0.1) is 0 Å². The number of aliphatic hydroxyl groups is 1. The van der Waals surface area contributed by atoms with Crippen LogP contribution in [0.15, 0.2) is 0 Å². The lowest BCUT2D eigenvalue weighted by Crippen LogP contribution is -2.64. The number of rotatable bonds is 1. The molecule has 1 aliphatic heterocycles. The number of aliphatic hydroxyl groups excluding tert-OH is 1. The molecule has 0 aromatic rings. The fourth-order valence-electron chi connectivity index (χ4n) is 2.23. The number of methoxy groups -OCH3 is 1. The summed E-state index contributed by atoms with van der Waals surface area (Å²) in [6, 6.07) is -1.20. The highest BCUT2D eigenvalue weighted by Crippen LogP contribution is 2.25. The summed E-state index contributed by atoms with van der Waals surface area (Å²) in [5.41, 5.74) is -1.66. The maximum atomic E-state index is 12.6. The number of hydrazine groups is 1. The third-order valence-electron chi connectivity index (χ3n) is 3.09. The SMILES string of the molecule is COC(=O)[C@@H]1C[C@@H](O)CN(C(=O)OC(C)(C)C)N1C(=O)OC(C)(C)C. The van der Waals surface area contributed by atoms with Crippen LogP contribution in [0.5, 0.6) is 0 Å². The van der Waals surface area contributed by atoms with E-state index in [4.69, 9.17) is 14.2 Å². The topological polar surface area (TPSA) is 106 Å². The molecule has 0 aromatic carbocycles. The van der Waals surface area contributed by atoms with Crippen LogP contribution < -0.4 is 0 Å². The van der Waals surface area contributed by atoms with E-state index in [2.05, 4.69) is 0 Å². The molecule has 0 aromatic heterocycles. The van der Waals surface area contributed by atoms with Crippen molar-refractivity contribution in [1.29, 1.82) is 0 Å². The van der Waals surface area contributed by atoms with Crippen LogP contribution in [0, 0.1) is 0 Å². The molecule has 1 aliphatic rings. The molecule has 9 heteroatoms. The van der Waals surface area contributed by atoms with Crippen molar-refractivity contribution in [1.82, 2.24) is 10.0 Å². The predicted octanol–water partition coefficient (Wildman–Crippen LogP) is 1.68. The summed E-state index contributed by atoms with van der Waals surface area (Å²) in [6.45, 7) is 9.78. The molecule has 1 fully saturated rings. The van der Waals surface area contributed by atoms with E-state index in [0.29, 0.717) is 0 Å². The Bertz CT molecular complexity index is 522. The van der Waals surface area contributed by atoms with Gasteiger partial charge in [0.15, 0.2) is 6.04 Å². The second-order valence-electron chi connectivity index (χ2n) is 7.82. The van der Waals surface area contributed by atoms with Crippen molar-refractivity contribution in [2.75, 3.05) is 13.7 Å². The zero-order valence-corrected chi connectivity index (χ0v) is 15.9. The second-order valence-corrected chi connectivity index (χ2v) is 7.82. The van der Waals surface area contributed by atoms with Gasteiger partial charge in [0, 0.05) is 6.42 Å². The van der Waals surface area contributed by atoms with E-state index in [0.717, 1.165) is 17.1 Å². The number of ether oxygens (including phenoxy) is 3. The quantitative estimate of drug-likeness (QED) is 0.560. The monoisotopic (exact) mass is 360 g/mol. The van der Waals surface area contributed by atoms with Crippen molar-refractivity contribution in [2.24, 2.45) is 0 Å². The highest BCUT2D eigenvalue weighted by Gasteiger charge is 2.46. The fraction of sp³-hybridized carbons (Fsp3) is 0.812. The lowest BCUT2D eigenvalue weighted by atomic mass is 10.1. The van der Waals surface area contributed by atoms with Gasteiger partial charge in [-0.3, -0.25) is 0 Å². The van der Waals surface area contributed by atoms with Gasteiger partial charge in [-0.05, 0) is 41.5 Å². The number of esters is 1. The van der Waals surface area contributed by atoms with Crippen molar-refractivity contribution in [3.05, 3.63) is 0 Å². The Kier molecular flexibility index (Phi) is 6.28. The van der Waals surface area contributed by atoms with E-state index in [1.165, 1.54) is 0 Å². The zero-order chi connectivity index (χ0) is 19.6. The molecular formula is C16H28N2O7. The highest BCUT2D eigenvalue weighted by molar-refractivity contribution is 5.83. The normalized spacial score (nSPS) is 21.6. The minimum Gasteiger partial charge on any atom is -0.467 e. The van der Waals surface area contributed by atoms with Crippen LogP contribution in [0.25, 0.3) is 0 Å². The van der Waals surface area contributed by atoms with Gasteiger partial charge in [0.2, 0.25) is 0 Å². The van der Waals surface area contributed by atoms with Crippen molar-refractivity contribution in [3.8, 4) is 0 Å². The predicted molar refractivity (Wildman–Crippen MR) is 87.4 cm³/mol. The molecule has 1 heterocycles. The average Bonchev–Trinajstić information content (AvgIpc) is 2.41. The smallest absolute Gasteiger partial charge is 0.430 e. The molecular weight excluding hydrogens is 332 g/mol. The fourth-order valence-corrected chi connectivity index (χ4v) is 2.23.